The van der Waals surface area contributed by atoms with Gasteiger partial charge in [-0.05, 0) is 32.9 Å². The Kier molecular flexibility index (Phi) is 4.57. The van der Waals surface area contributed by atoms with Gasteiger partial charge in [0.15, 0.2) is 0 Å². The Morgan fingerprint density at radius 3 is 2.73 bits per heavy atom. The van der Waals surface area contributed by atoms with Crippen molar-refractivity contribution >= 4 is 5.91 Å². The summed E-state index contributed by atoms with van der Waals surface area (Å²) < 4.78 is 0. The van der Waals surface area contributed by atoms with E-state index in [4.69, 9.17) is 5.26 Å². The summed E-state index contributed by atoms with van der Waals surface area (Å²) in [6, 6.07) is 2.13. The van der Waals surface area contributed by atoms with Gasteiger partial charge in [0.05, 0.1) is 12.5 Å². The quantitative estimate of drug-likeness (QED) is 0.746. The van der Waals surface area contributed by atoms with E-state index in [1.54, 1.807) is 11.9 Å². The molecule has 0 aliphatic carbocycles. The summed E-state index contributed by atoms with van der Waals surface area (Å²) in [5.41, 5.74) is 0. The maximum atomic E-state index is 12.0. The highest BCUT2D eigenvalue weighted by Gasteiger charge is 2.25. The minimum absolute atomic E-state index is 0.0254. The van der Waals surface area contributed by atoms with Gasteiger partial charge in [0.25, 0.3) is 0 Å². The fraction of sp³-hybridized carbons (Fsp3) is 0.818. The third-order valence-electron chi connectivity index (χ3n) is 3.08. The molecule has 1 rings (SSSR count). The predicted octanol–water partition coefficient (Wildman–Crippen LogP) is 0.747. The SMILES string of the molecule is CC(CC#N)N(C)C(=O)C1CCNCC1. The molecule has 1 atom stereocenters. The van der Waals surface area contributed by atoms with E-state index in [1.165, 1.54) is 0 Å². The van der Waals surface area contributed by atoms with Crippen molar-refractivity contribution in [3.8, 4) is 6.07 Å². The average molecular weight is 209 g/mol. The molecule has 1 unspecified atom stereocenters. The van der Waals surface area contributed by atoms with Crippen LogP contribution in [0.3, 0.4) is 0 Å². The van der Waals surface area contributed by atoms with Gasteiger partial charge in [0.2, 0.25) is 5.91 Å². The second-order valence-corrected chi connectivity index (χ2v) is 4.18. The molecule has 84 valence electrons. The summed E-state index contributed by atoms with van der Waals surface area (Å²) in [5, 5.41) is 11.8. The van der Waals surface area contributed by atoms with Gasteiger partial charge in [-0.2, -0.15) is 5.26 Å². The second kappa shape index (κ2) is 5.72. The molecule has 1 fully saturated rings. The van der Waals surface area contributed by atoms with Gasteiger partial charge in [0.1, 0.15) is 0 Å². The molecule has 0 bridgehead atoms. The lowest BCUT2D eigenvalue weighted by Gasteiger charge is -2.30. The summed E-state index contributed by atoms with van der Waals surface area (Å²) in [5.74, 6) is 0.344. The first-order valence-electron chi connectivity index (χ1n) is 5.51. The molecule has 0 saturated carbocycles. The summed E-state index contributed by atoms with van der Waals surface area (Å²) in [4.78, 5) is 13.7. The minimum atomic E-state index is 0.0254. The largest absolute Gasteiger partial charge is 0.342 e. The number of rotatable bonds is 3. The number of nitrogens with one attached hydrogen (secondary N) is 1. The fourth-order valence-electron chi connectivity index (χ4n) is 1.84. The van der Waals surface area contributed by atoms with Crippen LogP contribution in [0.4, 0.5) is 0 Å². The molecule has 0 radical (unpaired) electrons. The van der Waals surface area contributed by atoms with Crippen molar-refractivity contribution < 1.29 is 4.79 Å². The van der Waals surface area contributed by atoms with E-state index in [9.17, 15) is 4.79 Å². The standard InChI is InChI=1S/C11H19N3O/c1-9(3-6-12)14(2)11(15)10-4-7-13-8-5-10/h9-10,13H,3-5,7-8H2,1-2H3. The van der Waals surface area contributed by atoms with Crippen molar-refractivity contribution in [1.82, 2.24) is 10.2 Å². The van der Waals surface area contributed by atoms with Crippen LogP contribution in [0.5, 0.6) is 0 Å². The number of carbonyl (C=O) groups is 1. The monoisotopic (exact) mass is 209 g/mol. The predicted molar refractivity (Wildman–Crippen MR) is 58.1 cm³/mol. The van der Waals surface area contributed by atoms with Gasteiger partial charge in [-0.1, -0.05) is 0 Å². The van der Waals surface area contributed by atoms with E-state index < -0.39 is 0 Å². The van der Waals surface area contributed by atoms with Gasteiger partial charge in [-0.25, -0.2) is 0 Å². The molecular weight excluding hydrogens is 190 g/mol. The van der Waals surface area contributed by atoms with E-state index >= 15 is 0 Å². The maximum absolute atomic E-state index is 12.0. The molecule has 0 spiro atoms. The molecule has 1 amide bonds. The van der Waals surface area contributed by atoms with Gasteiger partial charge in [-0.3, -0.25) is 4.79 Å². The van der Waals surface area contributed by atoms with Gasteiger partial charge in [-0.15, -0.1) is 0 Å². The Labute approximate surface area is 91.2 Å². The lowest BCUT2D eigenvalue weighted by atomic mass is 9.96. The summed E-state index contributed by atoms with van der Waals surface area (Å²) in [6.07, 6.45) is 2.25. The first-order valence-corrected chi connectivity index (χ1v) is 5.51. The molecule has 1 saturated heterocycles. The summed E-state index contributed by atoms with van der Waals surface area (Å²) >= 11 is 0. The lowest BCUT2D eigenvalue weighted by Crippen LogP contribution is -2.42. The lowest BCUT2D eigenvalue weighted by molar-refractivity contribution is -0.136. The zero-order valence-electron chi connectivity index (χ0n) is 9.49. The maximum Gasteiger partial charge on any atom is 0.225 e. The van der Waals surface area contributed by atoms with Crippen molar-refractivity contribution in [3.63, 3.8) is 0 Å². The Bertz CT molecular complexity index is 253. The van der Waals surface area contributed by atoms with Crippen molar-refractivity contribution in [1.29, 1.82) is 5.26 Å². The number of nitriles is 1. The zero-order valence-corrected chi connectivity index (χ0v) is 9.49. The van der Waals surface area contributed by atoms with Crippen LogP contribution in [0.15, 0.2) is 0 Å². The highest BCUT2D eigenvalue weighted by Crippen LogP contribution is 2.16. The van der Waals surface area contributed by atoms with Crippen LogP contribution in [0.25, 0.3) is 0 Å². The normalized spacial score (nSPS) is 19.3. The topological polar surface area (TPSA) is 56.1 Å². The highest BCUT2D eigenvalue weighted by molar-refractivity contribution is 5.79. The summed E-state index contributed by atoms with van der Waals surface area (Å²) in [7, 11) is 1.80. The van der Waals surface area contributed by atoms with Crippen molar-refractivity contribution in [2.75, 3.05) is 20.1 Å². The molecule has 4 heteroatoms. The van der Waals surface area contributed by atoms with Crippen LogP contribution in [-0.2, 0) is 4.79 Å². The first kappa shape index (κ1) is 12.0. The number of carbonyl (C=O) groups excluding carboxylic acids is 1. The fourth-order valence-corrected chi connectivity index (χ4v) is 1.84. The number of amides is 1. The van der Waals surface area contributed by atoms with Gasteiger partial charge >= 0.3 is 0 Å². The van der Waals surface area contributed by atoms with Crippen LogP contribution in [0.1, 0.15) is 26.2 Å². The molecular formula is C11H19N3O. The minimum Gasteiger partial charge on any atom is -0.342 e. The van der Waals surface area contributed by atoms with E-state index in [1.807, 2.05) is 6.92 Å². The Morgan fingerprint density at radius 2 is 2.20 bits per heavy atom. The van der Waals surface area contributed by atoms with E-state index in [0.29, 0.717) is 6.42 Å². The number of hydrogen-bond acceptors (Lipinski definition) is 3. The highest BCUT2D eigenvalue weighted by atomic mass is 16.2. The van der Waals surface area contributed by atoms with Crippen molar-refractivity contribution in [3.05, 3.63) is 0 Å². The molecule has 1 N–H and O–H groups in total. The molecule has 15 heavy (non-hydrogen) atoms. The summed E-state index contributed by atoms with van der Waals surface area (Å²) in [6.45, 7) is 3.77. The molecule has 1 aliphatic rings. The smallest absolute Gasteiger partial charge is 0.225 e. The first-order chi connectivity index (χ1) is 7.16. The average Bonchev–Trinajstić information content (AvgIpc) is 2.28. The van der Waals surface area contributed by atoms with E-state index in [-0.39, 0.29) is 17.9 Å². The Balaban J connectivity index is 2.47. The zero-order chi connectivity index (χ0) is 11.3. The molecule has 0 aromatic heterocycles. The third kappa shape index (κ3) is 3.21. The Hall–Kier alpha value is -1.08. The molecule has 0 aromatic carbocycles. The van der Waals surface area contributed by atoms with E-state index in [2.05, 4.69) is 11.4 Å². The van der Waals surface area contributed by atoms with Gasteiger partial charge in [0, 0.05) is 19.0 Å². The Morgan fingerprint density at radius 1 is 1.60 bits per heavy atom. The van der Waals surface area contributed by atoms with Crippen LogP contribution in [-0.4, -0.2) is 37.0 Å². The number of piperidine rings is 1. The van der Waals surface area contributed by atoms with Crippen molar-refractivity contribution in [2.24, 2.45) is 5.92 Å². The second-order valence-electron chi connectivity index (χ2n) is 4.18. The van der Waals surface area contributed by atoms with Crippen LogP contribution < -0.4 is 5.32 Å². The van der Waals surface area contributed by atoms with E-state index in [0.717, 1.165) is 25.9 Å². The molecule has 1 heterocycles. The van der Waals surface area contributed by atoms with Crippen LogP contribution >= 0.6 is 0 Å². The third-order valence-corrected chi connectivity index (χ3v) is 3.08. The number of nitrogens with zero attached hydrogens (tertiary/aromatic N) is 2. The molecule has 0 aromatic rings. The number of hydrogen-bond donors (Lipinski definition) is 1. The van der Waals surface area contributed by atoms with Crippen molar-refractivity contribution in [2.45, 2.75) is 32.2 Å². The van der Waals surface area contributed by atoms with Gasteiger partial charge < -0.3 is 10.2 Å². The van der Waals surface area contributed by atoms with Crippen LogP contribution in [0.2, 0.25) is 0 Å². The van der Waals surface area contributed by atoms with Crippen LogP contribution in [0, 0.1) is 17.2 Å². The molecule has 1 aliphatic heterocycles. The molecule has 4 nitrogen and oxygen atoms in total.